The zero-order valence-corrected chi connectivity index (χ0v) is 14.9. The SMILES string of the molecule is CCN(C(=O)c1ccccc1Cl)C(c1ccccc1)c1ccccc1. The highest BCUT2D eigenvalue weighted by Gasteiger charge is 2.27. The number of carbonyl (C=O) groups excluding carboxylic acids is 1. The monoisotopic (exact) mass is 349 g/mol. The molecule has 0 saturated carbocycles. The molecule has 3 heteroatoms. The van der Waals surface area contributed by atoms with Crippen molar-refractivity contribution >= 4 is 17.5 Å². The molecule has 0 atom stereocenters. The molecule has 0 saturated heterocycles. The van der Waals surface area contributed by atoms with Gasteiger partial charge in [0.05, 0.1) is 16.6 Å². The molecule has 25 heavy (non-hydrogen) atoms. The first kappa shape index (κ1) is 17.2. The molecule has 0 heterocycles. The molecule has 1 amide bonds. The predicted octanol–water partition coefficient (Wildman–Crippen LogP) is 5.59. The van der Waals surface area contributed by atoms with Crippen LogP contribution in [0.2, 0.25) is 5.02 Å². The fourth-order valence-corrected chi connectivity index (χ4v) is 3.27. The number of carbonyl (C=O) groups is 1. The van der Waals surface area contributed by atoms with Crippen LogP contribution in [0.1, 0.15) is 34.5 Å². The maximum Gasteiger partial charge on any atom is 0.256 e. The van der Waals surface area contributed by atoms with Gasteiger partial charge in [-0.3, -0.25) is 4.79 Å². The van der Waals surface area contributed by atoms with Crippen LogP contribution in [0.25, 0.3) is 0 Å². The third kappa shape index (κ3) is 3.75. The Labute approximate surface area is 153 Å². The number of nitrogens with zero attached hydrogens (tertiary/aromatic N) is 1. The van der Waals surface area contributed by atoms with Crippen LogP contribution in [0, 0.1) is 0 Å². The molecule has 0 fully saturated rings. The molecule has 3 aromatic carbocycles. The third-order valence-electron chi connectivity index (χ3n) is 4.25. The zero-order valence-electron chi connectivity index (χ0n) is 14.1. The van der Waals surface area contributed by atoms with Crippen molar-refractivity contribution in [3.8, 4) is 0 Å². The minimum Gasteiger partial charge on any atom is -0.328 e. The molecular formula is C22H20ClNO. The van der Waals surface area contributed by atoms with Gasteiger partial charge in [-0.2, -0.15) is 0 Å². The van der Waals surface area contributed by atoms with Gasteiger partial charge in [-0.05, 0) is 30.2 Å². The molecular weight excluding hydrogens is 330 g/mol. The highest BCUT2D eigenvalue weighted by atomic mass is 35.5. The smallest absolute Gasteiger partial charge is 0.256 e. The largest absolute Gasteiger partial charge is 0.328 e. The van der Waals surface area contributed by atoms with Crippen LogP contribution < -0.4 is 0 Å². The van der Waals surface area contributed by atoms with E-state index in [2.05, 4.69) is 24.3 Å². The Bertz CT molecular complexity index is 793. The van der Waals surface area contributed by atoms with Crippen LogP contribution in [0.3, 0.4) is 0 Å². The number of rotatable bonds is 5. The Morgan fingerprint density at radius 2 is 1.32 bits per heavy atom. The van der Waals surface area contributed by atoms with Gasteiger partial charge in [0, 0.05) is 6.54 Å². The molecule has 0 aliphatic carbocycles. The second kappa shape index (κ2) is 8.00. The maximum atomic E-state index is 13.2. The molecule has 0 spiro atoms. The number of hydrogen-bond donors (Lipinski definition) is 0. The van der Waals surface area contributed by atoms with Gasteiger partial charge in [0.1, 0.15) is 0 Å². The lowest BCUT2D eigenvalue weighted by molar-refractivity contribution is 0.0717. The van der Waals surface area contributed by atoms with Crippen LogP contribution in [-0.4, -0.2) is 17.4 Å². The van der Waals surface area contributed by atoms with Crippen molar-refractivity contribution in [2.24, 2.45) is 0 Å². The van der Waals surface area contributed by atoms with Crippen LogP contribution in [0.5, 0.6) is 0 Å². The van der Waals surface area contributed by atoms with Crippen molar-refractivity contribution in [2.45, 2.75) is 13.0 Å². The van der Waals surface area contributed by atoms with E-state index in [1.165, 1.54) is 0 Å². The van der Waals surface area contributed by atoms with Crippen molar-refractivity contribution in [1.82, 2.24) is 4.90 Å². The maximum absolute atomic E-state index is 13.2. The molecule has 126 valence electrons. The summed E-state index contributed by atoms with van der Waals surface area (Å²) in [7, 11) is 0. The zero-order chi connectivity index (χ0) is 17.6. The quantitative estimate of drug-likeness (QED) is 0.587. The summed E-state index contributed by atoms with van der Waals surface area (Å²) in [5, 5.41) is 0.478. The van der Waals surface area contributed by atoms with E-state index in [0.29, 0.717) is 17.1 Å². The van der Waals surface area contributed by atoms with E-state index >= 15 is 0 Å². The Kier molecular flexibility index (Phi) is 5.52. The van der Waals surface area contributed by atoms with E-state index in [-0.39, 0.29) is 11.9 Å². The summed E-state index contributed by atoms with van der Waals surface area (Å²) in [6, 6.07) is 27.2. The summed E-state index contributed by atoms with van der Waals surface area (Å²) in [5.74, 6) is -0.0641. The van der Waals surface area contributed by atoms with Gasteiger partial charge in [-0.15, -0.1) is 0 Å². The summed E-state index contributed by atoms with van der Waals surface area (Å²) in [6.07, 6.45) is 0. The Hall–Kier alpha value is -2.58. The first-order chi connectivity index (χ1) is 12.2. The minimum absolute atomic E-state index is 0.0641. The Morgan fingerprint density at radius 3 is 1.80 bits per heavy atom. The molecule has 2 nitrogen and oxygen atoms in total. The van der Waals surface area contributed by atoms with Crippen molar-refractivity contribution in [3.05, 3.63) is 107 Å². The van der Waals surface area contributed by atoms with Gasteiger partial charge in [0.2, 0.25) is 0 Å². The van der Waals surface area contributed by atoms with Crippen LogP contribution in [0.15, 0.2) is 84.9 Å². The Balaban J connectivity index is 2.07. The lowest BCUT2D eigenvalue weighted by Gasteiger charge is -2.32. The van der Waals surface area contributed by atoms with Gasteiger partial charge in [0.15, 0.2) is 0 Å². The van der Waals surface area contributed by atoms with Gasteiger partial charge < -0.3 is 4.90 Å². The lowest BCUT2D eigenvalue weighted by atomic mass is 9.96. The number of amides is 1. The fraction of sp³-hybridized carbons (Fsp3) is 0.136. The van der Waals surface area contributed by atoms with E-state index in [0.717, 1.165) is 11.1 Å². The van der Waals surface area contributed by atoms with E-state index in [1.807, 2.05) is 60.4 Å². The van der Waals surface area contributed by atoms with Gasteiger partial charge in [0.25, 0.3) is 5.91 Å². The molecule has 0 aliphatic rings. The summed E-state index contributed by atoms with van der Waals surface area (Å²) in [5.41, 5.74) is 2.69. The van der Waals surface area contributed by atoms with E-state index in [1.54, 1.807) is 12.1 Å². The van der Waals surface area contributed by atoms with Gasteiger partial charge in [-0.25, -0.2) is 0 Å². The van der Waals surface area contributed by atoms with E-state index in [9.17, 15) is 4.79 Å². The van der Waals surface area contributed by atoms with Crippen molar-refractivity contribution < 1.29 is 4.79 Å². The third-order valence-corrected chi connectivity index (χ3v) is 4.58. The topological polar surface area (TPSA) is 20.3 Å². The molecule has 0 unspecified atom stereocenters. The van der Waals surface area contributed by atoms with Gasteiger partial charge in [-0.1, -0.05) is 84.4 Å². The molecule has 3 rings (SSSR count). The molecule has 0 aromatic heterocycles. The first-order valence-corrected chi connectivity index (χ1v) is 8.75. The molecule has 0 N–H and O–H groups in total. The highest BCUT2D eigenvalue weighted by molar-refractivity contribution is 6.33. The summed E-state index contributed by atoms with van der Waals surface area (Å²) < 4.78 is 0. The van der Waals surface area contributed by atoms with Crippen LogP contribution >= 0.6 is 11.6 Å². The molecule has 3 aromatic rings. The number of hydrogen-bond acceptors (Lipinski definition) is 1. The van der Waals surface area contributed by atoms with E-state index < -0.39 is 0 Å². The highest BCUT2D eigenvalue weighted by Crippen LogP contribution is 2.31. The van der Waals surface area contributed by atoms with Crippen LogP contribution in [0.4, 0.5) is 0 Å². The van der Waals surface area contributed by atoms with Gasteiger partial charge >= 0.3 is 0 Å². The molecule has 0 bridgehead atoms. The first-order valence-electron chi connectivity index (χ1n) is 8.37. The normalized spacial score (nSPS) is 10.7. The van der Waals surface area contributed by atoms with Crippen molar-refractivity contribution in [2.75, 3.05) is 6.54 Å². The second-order valence-electron chi connectivity index (χ2n) is 5.79. The summed E-state index contributed by atoms with van der Waals surface area (Å²) >= 11 is 6.27. The Morgan fingerprint density at radius 1 is 0.840 bits per heavy atom. The number of halogens is 1. The van der Waals surface area contributed by atoms with Crippen LogP contribution in [-0.2, 0) is 0 Å². The number of benzene rings is 3. The molecule has 0 radical (unpaired) electrons. The van der Waals surface area contributed by atoms with E-state index in [4.69, 9.17) is 11.6 Å². The average Bonchev–Trinajstić information content (AvgIpc) is 2.67. The average molecular weight is 350 g/mol. The standard InChI is InChI=1S/C22H20ClNO/c1-2-24(22(25)19-15-9-10-16-20(19)23)21(17-11-5-3-6-12-17)18-13-7-4-8-14-18/h3-16,21H,2H2,1H3. The summed E-state index contributed by atoms with van der Waals surface area (Å²) in [4.78, 5) is 15.1. The fourth-order valence-electron chi connectivity index (χ4n) is 3.06. The minimum atomic E-state index is -0.156. The summed E-state index contributed by atoms with van der Waals surface area (Å²) in [6.45, 7) is 2.58. The van der Waals surface area contributed by atoms with Crippen molar-refractivity contribution in [1.29, 1.82) is 0 Å². The lowest BCUT2D eigenvalue weighted by Crippen LogP contribution is -2.35. The van der Waals surface area contributed by atoms with Crippen molar-refractivity contribution in [3.63, 3.8) is 0 Å². The second-order valence-corrected chi connectivity index (χ2v) is 6.20. The molecule has 0 aliphatic heterocycles. The predicted molar refractivity (Wildman–Crippen MR) is 103 cm³/mol.